The Balaban J connectivity index is 1.60. The maximum atomic E-state index is 6.64. The number of nitrogens with one attached hydrogen (secondary N) is 2. The topological polar surface area (TPSA) is 28.9 Å². The number of hydrazine groups is 1. The summed E-state index contributed by atoms with van der Waals surface area (Å²) < 4.78 is 7.74. The van der Waals surface area contributed by atoms with Gasteiger partial charge in [0.1, 0.15) is 5.75 Å². The molecule has 1 saturated heterocycles. The number of fused-ring (bicyclic) bond motifs is 4. The first-order valence-electron chi connectivity index (χ1n) is 8.76. The number of rotatable bonds is 1. The Morgan fingerprint density at radius 3 is 2.92 bits per heavy atom. The number of nitrogens with zero attached hydrogens (tertiary/aromatic N) is 1. The normalized spacial score (nSPS) is 31.0. The Morgan fingerprint density at radius 2 is 2.16 bits per heavy atom. The van der Waals surface area contributed by atoms with Gasteiger partial charge in [-0.2, -0.15) is 5.01 Å². The van der Waals surface area contributed by atoms with Crippen molar-refractivity contribution < 1.29 is 9.64 Å². The first-order valence-corrected chi connectivity index (χ1v) is 10.4. The van der Waals surface area contributed by atoms with Crippen molar-refractivity contribution in [1.29, 1.82) is 0 Å². The van der Waals surface area contributed by atoms with E-state index in [1.165, 1.54) is 16.1 Å². The zero-order valence-corrected chi connectivity index (χ0v) is 16.5. The summed E-state index contributed by atoms with van der Waals surface area (Å²) in [7, 11) is 2.27. The van der Waals surface area contributed by atoms with Crippen LogP contribution in [0.5, 0.6) is 5.75 Å². The lowest BCUT2D eigenvalue weighted by molar-refractivity contribution is -0.888. The third-order valence-corrected chi connectivity index (χ3v) is 6.94. The summed E-state index contributed by atoms with van der Waals surface area (Å²) in [6.07, 6.45) is 4.42. The first kappa shape index (κ1) is 15.9. The molecule has 5 rings (SSSR count). The molecule has 1 spiro atoms. The van der Waals surface area contributed by atoms with E-state index in [2.05, 4.69) is 75.2 Å². The van der Waals surface area contributed by atoms with Gasteiger partial charge in [0.15, 0.2) is 5.72 Å². The number of hydrogen-bond acceptors (Lipinski definition) is 4. The predicted molar refractivity (Wildman–Crippen MR) is 103 cm³/mol. The fourth-order valence-corrected chi connectivity index (χ4v) is 5.21. The summed E-state index contributed by atoms with van der Waals surface area (Å²) >= 11 is 5.39. The van der Waals surface area contributed by atoms with Crippen LogP contribution < -0.4 is 15.1 Å². The minimum Gasteiger partial charge on any atom is -0.470 e. The monoisotopic (exact) mass is 418 g/mol. The summed E-state index contributed by atoms with van der Waals surface area (Å²) in [5.74, 6) is 1.02. The molecule has 0 bridgehead atoms. The van der Waals surface area contributed by atoms with Crippen LogP contribution in [0.15, 0.2) is 46.3 Å². The number of likely N-dealkylation sites (tertiary alicyclic amines) is 1. The molecule has 0 aliphatic carbocycles. The van der Waals surface area contributed by atoms with Gasteiger partial charge in [-0.15, -0.1) is 11.3 Å². The molecule has 3 aliphatic heterocycles. The SMILES string of the molecule is C[NH+]1CCC2(CC1)Oc1ccc(Br)cc1[C@@H]1C=C(c3cccs3)NN12. The Kier molecular flexibility index (Phi) is 3.71. The lowest BCUT2D eigenvalue weighted by atomic mass is 9.93. The molecule has 2 aromatic rings. The number of ether oxygens (including phenoxy) is 1. The zero-order valence-electron chi connectivity index (χ0n) is 14.1. The number of thiophene rings is 1. The number of halogens is 1. The van der Waals surface area contributed by atoms with Crippen LogP contribution in [0.2, 0.25) is 0 Å². The van der Waals surface area contributed by atoms with Crippen molar-refractivity contribution in [3.63, 3.8) is 0 Å². The van der Waals surface area contributed by atoms with E-state index in [1.54, 1.807) is 16.2 Å². The average Bonchev–Trinajstić information content (AvgIpc) is 3.28. The maximum absolute atomic E-state index is 6.64. The van der Waals surface area contributed by atoms with Gasteiger partial charge in [-0.1, -0.05) is 22.0 Å². The summed E-state index contributed by atoms with van der Waals surface area (Å²) in [6.45, 7) is 2.26. The van der Waals surface area contributed by atoms with Crippen molar-refractivity contribution in [3.8, 4) is 5.75 Å². The fourth-order valence-electron chi connectivity index (χ4n) is 4.13. The van der Waals surface area contributed by atoms with Crippen molar-refractivity contribution >= 4 is 33.0 Å². The molecular weight excluding hydrogens is 398 g/mol. The van der Waals surface area contributed by atoms with Crippen LogP contribution in [0.25, 0.3) is 5.70 Å². The standard InChI is InChI=1S/C19H20BrN3OS/c1-22-8-6-19(7-9-22)23-16(12-15(21-23)18-3-2-10-25-18)14-11-13(20)4-5-17(14)24-19/h2-5,10-12,16,21H,6-9H2,1H3/p+1/t16-/m0/s1. The molecule has 130 valence electrons. The smallest absolute Gasteiger partial charge is 0.191 e. The molecule has 0 radical (unpaired) electrons. The second kappa shape index (κ2) is 5.84. The maximum Gasteiger partial charge on any atom is 0.191 e. The van der Waals surface area contributed by atoms with E-state index in [4.69, 9.17) is 4.74 Å². The average molecular weight is 419 g/mol. The van der Waals surface area contributed by atoms with Gasteiger partial charge in [0.2, 0.25) is 0 Å². The molecule has 0 unspecified atom stereocenters. The van der Waals surface area contributed by atoms with E-state index in [0.29, 0.717) is 0 Å². The van der Waals surface area contributed by atoms with Crippen LogP contribution in [0, 0.1) is 0 Å². The van der Waals surface area contributed by atoms with Crippen LogP contribution in [0.3, 0.4) is 0 Å². The molecule has 25 heavy (non-hydrogen) atoms. The van der Waals surface area contributed by atoms with Gasteiger partial charge < -0.3 is 15.1 Å². The highest BCUT2D eigenvalue weighted by Gasteiger charge is 2.52. The Hall–Kier alpha value is -1.34. The van der Waals surface area contributed by atoms with E-state index in [9.17, 15) is 0 Å². The van der Waals surface area contributed by atoms with E-state index in [1.807, 2.05) is 0 Å². The second-order valence-electron chi connectivity index (χ2n) is 7.17. The molecular formula is C19H21BrN3OS+. The third kappa shape index (κ3) is 2.54. The van der Waals surface area contributed by atoms with Gasteiger partial charge in [-0.05, 0) is 35.7 Å². The van der Waals surface area contributed by atoms with Gasteiger partial charge in [0.05, 0.1) is 49.6 Å². The minimum absolute atomic E-state index is 0.205. The van der Waals surface area contributed by atoms with Crippen LogP contribution >= 0.6 is 27.3 Å². The summed E-state index contributed by atoms with van der Waals surface area (Å²) in [5, 5.41) is 4.49. The molecule has 1 atom stereocenters. The molecule has 2 N–H and O–H groups in total. The molecule has 0 amide bonds. The van der Waals surface area contributed by atoms with Crippen LogP contribution in [-0.4, -0.2) is 30.9 Å². The van der Waals surface area contributed by atoms with Crippen LogP contribution in [0.4, 0.5) is 0 Å². The van der Waals surface area contributed by atoms with Gasteiger partial charge in [0, 0.05) is 10.0 Å². The molecule has 6 heteroatoms. The minimum atomic E-state index is -0.263. The van der Waals surface area contributed by atoms with Crippen molar-refractivity contribution in [3.05, 3.63) is 56.7 Å². The lowest BCUT2D eigenvalue weighted by Gasteiger charge is -2.50. The molecule has 1 fully saturated rings. The summed E-state index contributed by atoms with van der Waals surface area (Å²) in [5.41, 5.74) is 5.85. The van der Waals surface area contributed by atoms with E-state index >= 15 is 0 Å². The number of benzene rings is 1. The predicted octanol–water partition coefficient (Wildman–Crippen LogP) is 2.81. The summed E-state index contributed by atoms with van der Waals surface area (Å²) in [6, 6.07) is 10.9. The highest BCUT2D eigenvalue weighted by Crippen LogP contribution is 2.48. The fraction of sp³-hybridized carbons (Fsp3) is 0.368. The Bertz CT molecular complexity index is 827. The molecule has 3 aliphatic rings. The van der Waals surface area contributed by atoms with Crippen molar-refractivity contribution in [2.45, 2.75) is 24.6 Å². The zero-order chi connectivity index (χ0) is 17.0. The van der Waals surface area contributed by atoms with Gasteiger partial charge in [-0.25, -0.2) is 0 Å². The highest BCUT2D eigenvalue weighted by atomic mass is 79.9. The van der Waals surface area contributed by atoms with Crippen LogP contribution in [0.1, 0.15) is 29.3 Å². The number of piperidine rings is 1. The molecule has 4 nitrogen and oxygen atoms in total. The largest absolute Gasteiger partial charge is 0.470 e. The van der Waals surface area contributed by atoms with E-state index in [0.717, 1.165) is 36.2 Å². The van der Waals surface area contributed by atoms with E-state index < -0.39 is 0 Å². The van der Waals surface area contributed by atoms with Crippen molar-refractivity contribution in [2.75, 3.05) is 20.1 Å². The van der Waals surface area contributed by atoms with Gasteiger partial charge in [-0.3, -0.25) is 0 Å². The summed E-state index contributed by atoms with van der Waals surface area (Å²) in [4.78, 5) is 2.86. The molecule has 4 heterocycles. The first-order chi connectivity index (χ1) is 12.1. The van der Waals surface area contributed by atoms with Crippen molar-refractivity contribution in [1.82, 2.24) is 10.4 Å². The second-order valence-corrected chi connectivity index (χ2v) is 9.04. The van der Waals surface area contributed by atoms with Crippen LogP contribution in [-0.2, 0) is 0 Å². The van der Waals surface area contributed by atoms with Gasteiger partial charge >= 0.3 is 0 Å². The molecule has 0 saturated carbocycles. The Labute approximate surface area is 160 Å². The van der Waals surface area contributed by atoms with E-state index in [-0.39, 0.29) is 11.8 Å². The Morgan fingerprint density at radius 1 is 1.32 bits per heavy atom. The number of hydrogen-bond donors (Lipinski definition) is 2. The van der Waals surface area contributed by atoms with Gasteiger partial charge in [0.25, 0.3) is 0 Å². The third-order valence-electron chi connectivity index (χ3n) is 5.54. The highest BCUT2D eigenvalue weighted by molar-refractivity contribution is 9.10. The molecule has 1 aromatic carbocycles. The molecule has 1 aromatic heterocycles. The number of quaternary nitrogens is 1. The quantitative estimate of drug-likeness (QED) is 0.745. The lowest BCUT2D eigenvalue weighted by Crippen LogP contribution is -3.11. The van der Waals surface area contributed by atoms with Crippen molar-refractivity contribution in [2.24, 2.45) is 0 Å².